The van der Waals surface area contributed by atoms with Crippen molar-refractivity contribution in [2.75, 3.05) is 53.5 Å². The Morgan fingerprint density at radius 1 is 1.03 bits per heavy atom. The highest BCUT2D eigenvalue weighted by Gasteiger charge is 2.21. The molecule has 0 spiro atoms. The van der Waals surface area contributed by atoms with Crippen LogP contribution in [0.15, 0.2) is 48.5 Å². The van der Waals surface area contributed by atoms with Crippen molar-refractivity contribution in [1.82, 2.24) is 15.1 Å². The summed E-state index contributed by atoms with van der Waals surface area (Å²) in [6, 6.07) is 15.2. The molecule has 1 N–H and O–H groups in total. The molecule has 7 heteroatoms. The number of nitrogens with zero attached hydrogens (tertiary/aromatic N) is 2. The lowest BCUT2D eigenvalue weighted by Gasteiger charge is -2.35. The van der Waals surface area contributed by atoms with Gasteiger partial charge < -0.3 is 19.7 Å². The van der Waals surface area contributed by atoms with Crippen LogP contribution in [0.25, 0.3) is 0 Å². The van der Waals surface area contributed by atoms with Gasteiger partial charge in [-0.25, -0.2) is 0 Å². The van der Waals surface area contributed by atoms with E-state index in [0.717, 1.165) is 38.3 Å². The molecule has 0 aromatic heterocycles. The Labute approximate surface area is 196 Å². The Kier molecular flexibility index (Phi) is 9.27. The fraction of sp³-hybridized carbons (Fsp3) is 0.462. The fourth-order valence-electron chi connectivity index (χ4n) is 3.90. The van der Waals surface area contributed by atoms with Crippen molar-refractivity contribution < 1.29 is 19.1 Å². The molecule has 7 nitrogen and oxygen atoms in total. The van der Waals surface area contributed by atoms with Gasteiger partial charge in [0.25, 0.3) is 0 Å². The molecule has 1 saturated heterocycles. The SMILES string of the molecule is COc1cc(C(C)=O)ccc1OCCCC(=O)NC(CN1CCN(C)CC1)c1ccccc1. The molecule has 1 heterocycles. The molecular weight excluding hydrogens is 418 g/mol. The minimum absolute atomic E-state index is 0.0143. The average Bonchev–Trinajstić information content (AvgIpc) is 2.83. The van der Waals surface area contributed by atoms with E-state index < -0.39 is 0 Å². The molecular formula is C26H35N3O4. The van der Waals surface area contributed by atoms with Crippen LogP contribution in [0.1, 0.15) is 41.7 Å². The van der Waals surface area contributed by atoms with Crippen molar-refractivity contribution in [2.24, 2.45) is 0 Å². The number of Topliss-reactive ketones (excluding diaryl/α,β-unsaturated/α-hetero) is 1. The van der Waals surface area contributed by atoms with Crippen molar-refractivity contribution in [3.05, 3.63) is 59.7 Å². The number of ketones is 1. The summed E-state index contributed by atoms with van der Waals surface area (Å²) in [5.41, 5.74) is 1.70. The molecule has 2 aromatic carbocycles. The minimum atomic E-state index is -0.0396. The van der Waals surface area contributed by atoms with Gasteiger partial charge in [-0.3, -0.25) is 14.5 Å². The van der Waals surface area contributed by atoms with Crippen LogP contribution >= 0.6 is 0 Å². The zero-order valence-electron chi connectivity index (χ0n) is 19.9. The Balaban J connectivity index is 1.50. The lowest BCUT2D eigenvalue weighted by molar-refractivity contribution is -0.122. The third-order valence-electron chi connectivity index (χ3n) is 5.95. The number of nitrogens with one attached hydrogen (secondary N) is 1. The molecule has 2 aromatic rings. The summed E-state index contributed by atoms with van der Waals surface area (Å²) in [4.78, 5) is 29.0. The summed E-state index contributed by atoms with van der Waals surface area (Å²) >= 11 is 0. The quantitative estimate of drug-likeness (QED) is 0.416. The highest BCUT2D eigenvalue weighted by Crippen LogP contribution is 2.28. The van der Waals surface area contributed by atoms with Gasteiger partial charge in [-0.15, -0.1) is 0 Å². The number of carbonyl (C=O) groups is 2. The van der Waals surface area contributed by atoms with Gasteiger partial charge >= 0.3 is 0 Å². The van der Waals surface area contributed by atoms with Crippen LogP contribution in [-0.4, -0.2) is 75.0 Å². The van der Waals surface area contributed by atoms with Gasteiger partial charge in [-0.05, 0) is 44.2 Å². The molecule has 3 rings (SSSR count). The number of carbonyl (C=O) groups excluding carboxylic acids is 2. The van der Waals surface area contributed by atoms with Crippen molar-refractivity contribution in [3.63, 3.8) is 0 Å². The van der Waals surface area contributed by atoms with Gasteiger partial charge in [0.15, 0.2) is 17.3 Å². The standard InChI is InChI=1S/C26H35N3O4/c1-20(30)22-11-12-24(25(18-22)32-3)33-17-7-10-26(31)27-23(21-8-5-4-6-9-21)19-29-15-13-28(2)14-16-29/h4-6,8-9,11-12,18,23H,7,10,13-17,19H2,1-3H3,(H,27,31). The molecule has 33 heavy (non-hydrogen) atoms. The Morgan fingerprint density at radius 2 is 1.76 bits per heavy atom. The number of hydrogen-bond acceptors (Lipinski definition) is 6. The van der Waals surface area contributed by atoms with Crippen molar-refractivity contribution in [3.8, 4) is 11.5 Å². The topological polar surface area (TPSA) is 71.1 Å². The van der Waals surface area contributed by atoms with Gasteiger partial charge in [0.05, 0.1) is 19.8 Å². The predicted octanol–water partition coefficient (Wildman–Crippen LogP) is 3.16. The van der Waals surface area contributed by atoms with Gasteiger partial charge in [-0.2, -0.15) is 0 Å². The van der Waals surface area contributed by atoms with Crippen LogP contribution in [0.5, 0.6) is 11.5 Å². The zero-order valence-corrected chi connectivity index (χ0v) is 19.9. The lowest BCUT2D eigenvalue weighted by Crippen LogP contribution is -2.47. The molecule has 1 fully saturated rings. The molecule has 1 atom stereocenters. The molecule has 0 aliphatic carbocycles. The van der Waals surface area contributed by atoms with Crippen molar-refractivity contribution in [2.45, 2.75) is 25.8 Å². The first-order valence-electron chi connectivity index (χ1n) is 11.5. The highest BCUT2D eigenvalue weighted by atomic mass is 16.5. The van der Waals surface area contributed by atoms with Crippen LogP contribution in [0, 0.1) is 0 Å². The van der Waals surface area contributed by atoms with E-state index in [1.807, 2.05) is 18.2 Å². The molecule has 1 amide bonds. The normalized spacial score (nSPS) is 15.6. The van der Waals surface area contributed by atoms with Gasteiger partial charge in [0.2, 0.25) is 5.91 Å². The number of benzene rings is 2. The number of methoxy groups -OCH3 is 1. The summed E-state index contributed by atoms with van der Waals surface area (Å²) in [7, 11) is 3.69. The smallest absolute Gasteiger partial charge is 0.220 e. The summed E-state index contributed by atoms with van der Waals surface area (Å²) in [5, 5.41) is 3.22. The molecule has 1 aliphatic heterocycles. The Bertz CT molecular complexity index is 911. The monoisotopic (exact) mass is 453 g/mol. The van der Waals surface area contributed by atoms with Crippen LogP contribution in [0.2, 0.25) is 0 Å². The van der Waals surface area contributed by atoms with Crippen molar-refractivity contribution >= 4 is 11.7 Å². The third-order valence-corrected chi connectivity index (χ3v) is 5.95. The highest BCUT2D eigenvalue weighted by molar-refractivity contribution is 5.94. The number of amides is 1. The fourth-order valence-corrected chi connectivity index (χ4v) is 3.90. The first-order chi connectivity index (χ1) is 16.0. The Morgan fingerprint density at radius 3 is 2.42 bits per heavy atom. The average molecular weight is 454 g/mol. The first-order valence-corrected chi connectivity index (χ1v) is 11.5. The largest absolute Gasteiger partial charge is 0.493 e. The summed E-state index contributed by atoms with van der Waals surface area (Å²) < 4.78 is 11.1. The van der Waals surface area contributed by atoms with Crippen LogP contribution in [0.3, 0.4) is 0 Å². The number of likely N-dealkylation sites (N-methyl/N-ethyl adjacent to an activating group) is 1. The van der Waals surface area contributed by atoms with Gasteiger partial charge in [0, 0.05) is 44.7 Å². The summed E-state index contributed by atoms with van der Waals surface area (Å²) in [5.74, 6) is 1.07. The molecule has 0 bridgehead atoms. The number of piperazine rings is 1. The van der Waals surface area contributed by atoms with Crippen LogP contribution in [0.4, 0.5) is 0 Å². The maximum absolute atomic E-state index is 12.7. The third kappa shape index (κ3) is 7.58. The minimum Gasteiger partial charge on any atom is -0.493 e. The van der Waals surface area contributed by atoms with E-state index in [1.165, 1.54) is 6.92 Å². The Hall–Kier alpha value is -2.90. The second kappa shape index (κ2) is 12.4. The van der Waals surface area contributed by atoms with Crippen LogP contribution < -0.4 is 14.8 Å². The second-order valence-corrected chi connectivity index (χ2v) is 8.51. The van der Waals surface area contributed by atoms with E-state index in [0.29, 0.717) is 36.5 Å². The number of ether oxygens (including phenoxy) is 2. The molecule has 178 valence electrons. The molecule has 1 aliphatic rings. The zero-order chi connectivity index (χ0) is 23.6. The van der Waals surface area contributed by atoms with E-state index in [4.69, 9.17) is 9.47 Å². The van der Waals surface area contributed by atoms with Gasteiger partial charge in [0.1, 0.15) is 0 Å². The van der Waals surface area contributed by atoms with Crippen LogP contribution in [-0.2, 0) is 4.79 Å². The van der Waals surface area contributed by atoms with E-state index in [2.05, 4.69) is 34.3 Å². The first kappa shape index (κ1) is 24.7. The maximum atomic E-state index is 12.7. The van der Waals surface area contributed by atoms with E-state index in [-0.39, 0.29) is 17.7 Å². The van der Waals surface area contributed by atoms with E-state index >= 15 is 0 Å². The number of rotatable bonds is 11. The second-order valence-electron chi connectivity index (χ2n) is 8.51. The summed E-state index contributed by atoms with van der Waals surface area (Å²) in [6.07, 6.45) is 0.958. The van der Waals surface area contributed by atoms with E-state index in [1.54, 1.807) is 25.3 Å². The summed E-state index contributed by atoms with van der Waals surface area (Å²) in [6.45, 7) is 6.81. The lowest BCUT2D eigenvalue weighted by atomic mass is 10.1. The van der Waals surface area contributed by atoms with Gasteiger partial charge in [-0.1, -0.05) is 30.3 Å². The maximum Gasteiger partial charge on any atom is 0.220 e. The van der Waals surface area contributed by atoms with Crippen molar-refractivity contribution in [1.29, 1.82) is 0 Å². The molecule has 0 saturated carbocycles. The van der Waals surface area contributed by atoms with E-state index in [9.17, 15) is 9.59 Å². The molecule has 1 unspecified atom stereocenters. The predicted molar refractivity (Wildman–Crippen MR) is 129 cm³/mol. The number of hydrogen-bond donors (Lipinski definition) is 1. The molecule has 0 radical (unpaired) electrons.